The van der Waals surface area contributed by atoms with E-state index in [1.807, 2.05) is 5.51 Å². The Morgan fingerprint density at radius 2 is 2.15 bits per heavy atom. The molecule has 1 aromatic heterocycles. The van der Waals surface area contributed by atoms with Crippen LogP contribution in [-0.4, -0.2) is 4.98 Å². The van der Waals surface area contributed by atoms with Gasteiger partial charge in [0.2, 0.25) is 0 Å². The second-order valence-corrected chi connectivity index (χ2v) is 5.10. The largest absolute Gasteiger partial charge is 0.243 e. The van der Waals surface area contributed by atoms with Crippen LogP contribution in [0.2, 0.25) is 0 Å². The van der Waals surface area contributed by atoms with Gasteiger partial charge in [-0.3, -0.25) is 0 Å². The van der Waals surface area contributed by atoms with Crippen molar-refractivity contribution in [1.29, 1.82) is 0 Å². The molecule has 68 valence electrons. The van der Waals surface area contributed by atoms with Gasteiger partial charge in [-0.15, -0.1) is 11.3 Å². The van der Waals surface area contributed by atoms with Crippen molar-refractivity contribution in [2.24, 2.45) is 0 Å². The smallest absolute Gasteiger partial charge is 0.0954 e. The van der Waals surface area contributed by atoms with Crippen molar-refractivity contribution in [3.63, 3.8) is 0 Å². The van der Waals surface area contributed by atoms with Crippen LogP contribution in [-0.2, 0) is 0 Å². The van der Waals surface area contributed by atoms with Crippen molar-refractivity contribution in [3.8, 4) is 0 Å². The molecule has 0 atom stereocenters. The highest BCUT2D eigenvalue weighted by molar-refractivity contribution is 9.10. The Kier molecular flexibility index (Phi) is 2.39. The van der Waals surface area contributed by atoms with Crippen molar-refractivity contribution >= 4 is 37.5 Å². The van der Waals surface area contributed by atoms with Crippen molar-refractivity contribution in [2.75, 3.05) is 0 Å². The van der Waals surface area contributed by atoms with E-state index in [0.29, 0.717) is 5.92 Å². The Bertz CT molecular complexity index is 433. The molecule has 0 saturated heterocycles. The van der Waals surface area contributed by atoms with Gasteiger partial charge in [-0.25, -0.2) is 4.98 Å². The van der Waals surface area contributed by atoms with Crippen molar-refractivity contribution in [1.82, 2.24) is 4.98 Å². The van der Waals surface area contributed by atoms with Gasteiger partial charge >= 0.3 is 0 Å². The van der Waals surface area contributed by atoms with Gasteiger partial charge in [0.25, 0.3) is 0 Å². The molecule has 0 fully saturated rings. The zero-order valence-electron chi connectivity index (χ0n) is 7.54. The molecule has 0 spiro atoms. The zero-order valence-corrected chi connectivity index (χ0v) is 9.95. The summed E-state index contributed by atoms with van der Waals surface area (Å²) in [5.74, 6) is 0.572. The van der Waals surface area contributed by atoms with Crippen molar-refractivity contribution < 1.29 is 0 Å². The minimum atomic E-state index is 0.572. The van der Waals surface area contributed by atoms with Gasteiger partial charge < -0.3 is 0 Å². The molecule has 0 N–H and O–H groups in total. The number of hydrogen-bond acceptors (Lipinski definition) is 2. The van der Waals surface area contributed by atoms with Gasteiger partial charge in [0.05, 0.1) is 15.7 Å². The molecule has 2 aromatic rings. The summed E-state index contributed by atoms with van der Waals surface area (Å²) in [4.78, 5) is 4.29. The first-order valence-corrected chi connectivity index (χ1v) is 5.88. The molecular weight excluding hydrogens is 246 g/mol. The predicted octanol–water partition coefficient (Wildman–Crippen LogP) is 4.18. The first kappa shape index (κ1) is 9.16. The summed E-state index contributed by atoms with van der Waals surface area (Å²) in [5, 5.41) is 0. The maximum Gasteiger partial charge on any atom is 0.0954 e. The Hall–Kier alpha value is -0.410. The highest BCUT2D eigenvalue weighted by Gasteiger charge is 2.06. The topological polar surface area (TPSA) is 12.9 Å². The predicted molar refractivity (Wildman–Crippen MR) is 61.4 cm³/mol. The van der Waals surface area contributed by atoms with Gasteiger partial charge in [0, 0.05) is 4.47 Å². The third kappa shape index (κ3) is 1.63. The molecule has 0 radical (unpaired) electrons. The molecule has 0 saturated carbocycles. The van der Waals surface area contributed by atoms with E-state index < -0.39 is 0 Å². The number of aromatic nitrogens is 1. The molecule has 2 rings (SSSR count). The monoisotopic (exact) mass is 255 g/mol. The molecule has 0 aliphatic rings. The maximum absolute atomic E-state index is 4.29. The molecule has 0 unspecified atom stereocenters. The molecular formula is C10H10BrNS. The standard InChI is InChI=1S/C10H10BrNS/c1-6(2)7-3-8(11)10-9(4-7)13-5-12-10/h3-6H,1-2H3. The van der Waals surface area contributed by atoms with E-state index in [9.17, 15) is 0 Å². The van der Waals surface area contributed by atoms with Gasteiger partial charge in [0.15, 0.2) is 0 Å². The number of fused-ring (bicyclic) bond motifs is 1. The Balaban J connectivity index is 2.70. The van der Waals surface area contributed by atoms with E-state index in [1.54, 1.807) is 11.3 Å². The summed E-state index contributed by atoms with van der Waals surface area (Å²) in [6.45, 7) is 4.41. The Labute approximate surface area is 89.9 Å². The number of rotatable bonds is 1. The van der Waals surface area contributed by atoms with Crippen molar-refractivity contribution in [2.45, 2.75) is 19.8 Å². The highest BCUT2D eigenvalue weighted by atomic mass is 79.9. The van der Waals surface area contributed by atoms with Crippen LogP contribution in [0.4, 0.5) is 0 Å². The summed E-state index contributed by atoms with van der Waals surface area (Å²) < 4.78 is 2.37. The molecule has 13 heavy (non-hydrogen) atoms. The van der Waals surface area contributed by atoms with Crippen LogP contribution in [0.25, 0.3) is 10.2 Å². The minimum absolute atomic E-state index is 0.572. The van der Waals surface area contributed by atoms with E-state index >= 15 is 0 Å². The lowest BCUT2D eigenvalue weighted by molar-refractivity contribution is 0.868. The number of hydrogen-bond donors (Lipinski definition) is 0. The zero-order chi connectivity index (χ0) is 9.42. The molecule has 0 aliphatic heterocycles. The minimum Gasteiger partial charge on any atom is -0.243 e. The second kappa shape index (κ2) is 3.39. The van der Waals surface area contributed by atoms with Crippen LogP contribution in [0.5, 0.6) is 0 Å². The van der Waals surface area contributed by atoms with Crippen LogP contribution >= 0.6 is 27.3 Å². The number of nitrogens with zero attached hydrogens (tertiary/aromatic N) is 1. The molecule has 1 aromatic carbocycles. The van der Waals surface area contributed by atoms with E-state index in [1.165, 1.54) is 10.3 Å². The highest BCUT2D eigenvalue weighted by Crippen LogP contribution is 2.30. The quantitative estimate of drug-likeness (QED) is 0.745. The number of thiazole rings is 1. The summed E-state index contributed by atoms with van der Waals surface area (Å²) in [5.41, 5.74) is 4.33. The van der Waals surface area contributed by atoms with E-state index in [4.69, 9.17) is 0 Å². The summed E-state index contributed by atoms with van der Waals surface area (Å²) in [7, 11) is 0. The van der Waals surface area contributed by atoms with Crippen LogP contribution in [0.3, 0.4) is 0 Å². The average molecular weight is 256 g/mol. The van der Waals surface area contributed by atoms with Crippen LogP contribution < -0.4 is 0 Å². The van der Waals surface area contributed by atoms with Crippen molar-refractivity contribution in [3.05, 3.63) is 27.7 Å². The molecule has 1 nitrogen and oxygen atoms in total. The van der Waals surface area contributed by atoms with Gasteiger partial charge in [-0.05, 0) is 39.5 Å². The summed E-state index contributed by atoms with van der Waals surface area (Å²) in [6, 6.07) is 4.38. The fourth-order valence-corrected chi connectivity index (χ4v) is 2.74. The molecule has 3 heteroatoms. The van der Waals surface area contributed by atoms with Gasteiger partial charge in [-0.2, -0.15) is 0 Å². The Morgan fingerprint density at radius 3 is 2.85 bits per heavy atom. The lowest BCUT2D eigenvalue weighted by atomic mass is 10.0. The molecule has 1 heterocycles. The van der Waals surface area contributed by atoms with E-state index in [-0.39, 0.29) is 0 Å². The summed E-state index contributed by atoms with van der Waals surface area (Å²) in [6.07, 6.45) is 0. The van der Waals surface area contributed by atoms with Crippen LogP contribution in [0, 0.1) is 0 Å². The third-order valence-electron chi connectivity index (χ3n) is 2.08. The second-order valence-electron chi connectivity index (χ2n) is 3.36. The number of halogens is 1. The Morgan fingerprint density at radius 1 is 1.38 bits per heavy atom. The lowest BCUT2D eigenvalue weighted by Crippen LogP contribution is -1.86. The maximum atomic E-state index is 4.29. The third-order valence-corrected chi connectivity index (χ3v) is 3.46. The lowest BCUT2D eigenvalue weighted by Gasteiger charge is -2.05. The summed E-state index contributed by atoms with van der Waals surface area (Å²) >= 11 is 5.23. The molecule has 0 bridgehead atoms. The molecule has 0 aliphatic carbocycles. The van der Waals surface area contributed by atoms with E-state index in [2.05, 4.69) is 46.9 Å². The SMILES string of the molecule is CC(C)c1cc(Br)c2ncsc2c1. The average Bonchev–Trinajstić information content (AvgIpc) is 2.51. The number of benzene rings is 1. The molecule has 0 amide bonds. The first-order chi connectivity index (χ1) is 6.18. The fourth-order valence-electron chi connectivity index (χ4n) is 1.28. The van der Waals surface area contributed by atoms with Gasteiger partial charge in [0.1, 0.15) is 0 Å². The van der Waals surface area contributed by atoms with Crippen LogP contribution in [0.15, 0.2) is 22.1 Å². The van der Waals surface area contributed by atoms with Gasteiger partial charge in [-0.1, -0.05) is 13.8 Å². The first-order valence-electron chi connectivity index (χ1n) is 4.21. The normalized spacial score (nSPS) is 11.4. The van der Waals surface area contributed by atoms with E-state index in [0.717, 1.165) is 9.99 Å². The fraction of sp³-hybridized carbons (Fsp3) is 0.300. The van der Waals surface area contributed by atoms with Crippen LogP contribution in [0.1, 0.15) is 25.3 Å².